The van der Waals surface area contributed by atoms with Gasteiger partial charge in [-0.05, 0) is 63.6 Å². The zero-order chi connectivity index (χ0) is 19.4. The number of likely N-dealkylation sites (tertiary alicyclic amines) is 2. The smallest absolute Gasteiger partial charge is 0.234 e. The molecule has 2 saturated heterocycles. The number of nitrogens with one attached hydrogen (secondary N) is 1. The van der Waals surface area contributed by atoms with Crippen LogP contribution in [0.2, 0.25) is 0 Å². The van der Waals surface area contributed by atoms with Crippen molar-refractivity contribution < 1.29 is 9.59 Å². The van der Waals surface area contributed by atoms with Crippen molar-refractivity contribution in [3.05, 3.63) is 35.9 Å². The first-order chi connectivity index (χ1) is 13.7. The van der Waals surface area contributed by atoms with Gasteiger partial charge >= 0.3 is 0 Å². The Morgan fingerprint density at radius 3 is 2.29 bits per heavy atom. The molecular weight excluding hydrogens is 350 g/mol. The van der Waals surface area contributed by atoms with Crippen LogP contribution in [0.5, 0.6) is 0 Å². The molecule has 2 amide bonds. The molecule has 5 nitrogen and oxygen atoms in total. The minimum Gasteiger partial charge on any atom is -0.354 e. The summed E-state index contributed by atoms with van der Waals surface area (Å²) in [7, 11) is 0. The van der Waals surface area contributed by atoms with Crippen molar-refractivity contribution in [2.75, 3.05) is 39.3 Å². The number of amides is 2. The largest absolute Gasteiger partial charge is 0.354 e. The van der Waals surface area contributed by atoms with E-state index in [-0.39, 0.29) is 17.2 Å². The molecule has 28 heavy (non-hydrogen) atoms. The molecule has 0 bridgehead atoms. The van der Waals surface area contributed by atoms with Crippen molar-refractivity contribution in [1.82, 2.24) is 15.1 Å². The van der Waals surface area contributed by atoms with Gasteiger partial charge in [0.1, 0.15) is 0 Å². The molecule has 4 rings (SSSR count). The molecule has 0 atom stereocenters. The maximum Gasteiger partial charge on any atom is 0.234 e. The van der Waals surface area contributed by atoms with E-state index in [4.69, 9.17) is 0 Å². The third-order valence-corrected chi connectivity index (χ3v) is 6.84. The van der Waals surface area contributed by atoms with E-state index in [2.05, 4.69) is 39.4 Å². The van der Waals surface area contributed by atoms with E-state index >= 15 is 0 Å². The van der Waals surface area contributed by atoms with Crippen LogP contribution in [0.25, 0.3) is 0 Å². The Labute approximate surface area is 168 Å². The van der Waals surface area contributed by atoms with E-state index in [1.165, 1.54) is 12.0 Å². The molecule has 0 aromatic heterocycles. The summed E-state index contributed by atoms with van der Waals surface area (Å²) in [6.45, 7) is 4.76. The standard InChI is InChI=1S/C23H33N3O2/c27-21(24-18-23(11-12-23)20-7-3-1-4-8-20)17-25-15-9-19(10-16-25)22(28)26-13-5-2-6-14-26/h1,3-4,7-8,19H,2,5-6,9-18H2,(H,24,27). The molecule has 1 aromatic rings. The Morgan fingerprint density at radius 2 is 1.64 bits per heavy atom. The maximum atomic E-state index is 12.7. The molecule has 1 aromatic carbocycles. The predicted molar refractivity (Wildman–Crippen MR) is 110 cm³/mol. The number of hydrogen-bond acceptors (Lipinski definition) is 3. The summed E-state index contributed by atoms with van der Waals surface area (Å²) < 4.78 is 0. The molecule has 1 N–H and O–H groups in total. The minimum absolute atomic E-state index is 0.114. The summed E-state index contributed by atoms with van der Waals surface area (Å²) in [5.74, 6) is 0.621. The van der Waals surface area contributed by atoms with Crippen molar-refractivity contribution in [2.45, 2.75) is 50.4 Å². The van der Waals surface area contributed by atoms with E-state index in [1.54, 1.807) is 0 Å². The van der Waals surface area contributed by atoms with Crippen LogP contribution in [-0.2, 0) is 15.0 Å². The highest BCUT2D eigenvalue weighted by molar-refractivity contribution is 5.79. The number of nitrogens with zero attached hydrogens (tertiary/aromatic N) is 2. The third-order valence-electron chi connectivity index (χ3n) is 6.84. The summed E-state index contributed by atoms with van der Waals surface area (Å²) >= 11 is 0. The highest BCUT2D eigenvalue weighted by Crippen LogP contribution is 2.47. The lowest BCUT2D eigenvalue weighted by Crippen LogP contribution is -2.47. The highest BCUT2D eigenvalue weighted by Gasteiger charge is 2.44. The molecule has 5 heteroatoms. The van der Waals surface area contributed by atoms with Gasteiger partial charge in [-0.15, -0.1) is 0 Å². The van der Waals surface area contributed by atoms with Crippen LogP contribution in [0.1, 0.15) is 50.5 Å². The fourth-order valence-corrected chi connectivity index (χ4v) is 4.75. The van der Waals surface area contributed by atoms with E-state index in [1.807, 2.05) is 6.07 Å². The first-order valence-electron chi connectivity index (χ1n) is 11.0. The second-order valence-corrected chi connectivity index (χ2v) is 8.86. The molecule has 0 unspecified atom stereocenters. The Morgan fingerprint density at radius 1 is 0.964 bits per heavy atom. The maximum absolute atomic E-state index is 12.7. The molecule has 152 valence electrons. The molecule has 3 fully saturated rings. The average molecular weight is 384 g/mol. The normalized spacial score (nSPS) is 22.6. The van der Waals surface area contributed by atoms with Gasteiger partial charge in [-0.1, -0.05) is 30.3 Å². The Hall–Kier alpha value is -1.88. The van der Waals surface area contributed by atoms with Crippen molar-refractivity contribution in [1.29, 1.82) is 0 Å². The van der Waals surface area contributed by atoms with Gasteiger partial charge in [-0.3, -0.25) is 14.5 Å². The monoisotopic (exact) mass is 383 g/mol. The van der Waals surface area contributed by atoms with Crippen molar-refractivity contribution in [2.24, 2.45) is 5.92 Å². The molecule has 0 spiro atoms. The summed E-state index contributed by atoms with van der Waals surface area (Å²) in [6.07, 6.45) is 7.63. The average Bonchev–Trinajstić information content (AvgIpc) is 3.55. The van der Waals surface area contributed by atoms with Gasteiger partial charge in [0.05, 0.1) is 6.54 Å². The van der Waals surface area contributed by atoms with E-state index in [9.17, 15) is 9.59 Å². The lowest BCUT2D eigenvalue weighted by molar-refractivity contribution is -0.138. The molecule has 1 saturated carbocycles. The van der Waals surface area contributed by atoms with E-state index in [0.717, 1.165) is 71.2 Å². The highest BCUT2D eigenvalue weighted by atomic mass is 16.2. The number of piperidine rings is 2. The molecule has 2 heterocycles. The second-order valence-electron chi connectivity index (χ2n) is 8.86. The molecule has 0 radical (unpaired) electrons. The Bertz CT molecular complexity index is 672. The lowest BCUT2D eigenvalue weighted by Gasteiger charge is -2.35. The first kappa shape index (κ1) is 19.4. The van der Waals surface area contributed by atoms with Crippen LogP contribution in [-0.4, -0.2) is 60.9 Å². The number of hydrogen-bond donors (Lipinski definition) is 1. The van der Waals surface area contributed by atoms with Gasteiger partial charge in [-0.2, -0.15) is 0 Å². The van der Waals surface area contributed by atoms with Crippen molar-refractivity contribution >= 4 is 11.8 Å². The van der Waals surface area contributed by atoms with Crippen LogP contribution < -0.4 is 5.32 Å². The molecule has 1 aliphatic carbocycles. The molecule has 3 aliphatic rings. The predicted octanol–water partition coefficient (Wildman–Crippen LogP) is 2.56. The van der Waals surface area contributed by atoms with Gasteiger partial charge in [0.25, 0.3) is 0 Å². The van der Waals surface area contributed by atoms with E-state index < -0.39 is 0 Å². The molecule has 2 aliphatic heterocycles. The molecular formula is C23H33N3O2. The zero-order valence-corrected chi connectivity index (χ0v) is 16.9. The quantitative estimate of drug-likeness (QED) is 0.821. The van der Waals surface area contributed by atoms with Gasteiger partial charge in [0.2, 0.25) is 11.8 Å². The lowest BCUT2D eigenvalue weighted by atomic mass is 9.94. The van der Waals surface area contributed by atoms with Crippen molar-refractivity contribution in [3.8, 4) is 0 Å². The van der Waals surface area contributed by atoms with Crippen molar-refractivity contribution in [3.63, 3.8) is 0 Å². The SMILES string of the molecule is O=C(CN1CCC(C(=O)N2CCCCC2)CC1)NCC1(c2ccccc2)CC1. The fraction of sp³-hybridized carbons (Fsp3) is 0.652. The number of benzene rings is 1. The number of carbonyl (C=O) groups is 2. The minimum atomic E-state index is 0.114. The van der Waals surface area contributed by atoms with Crippen LogP contribution in [0, 0.1) is 5.92 Å². The number of rotatable bonds is 6. The number of carbonyl (C=O) groups excluding carboxylic acids is 2. The Kier molecular flexibility index (Phi) is 6.00. The van der Waals surface area contributed by atoms with Gasteiger partial charge in [0.15, 0.2) is 0 Å². The van der Waals surface area contributed by atoms with Gasteiger partial charge < -0.3 is 10.2 Å². The second kappa shape index (κ2) is 8.64. The van der Waals surface area contributed by atoms with Crippen LogP contribution >= 0.6 is 0 Å². The van der Waals surface area contributed by atoms with Gasteiger partial charge in [0, 0.05) is 31.0 Å². The first-order valence-corrected chi connectivity index (χ1v) is 11.0. The summed E-state index contributed by atoms with van der Waals surface area (Å²) in [4.78, 5) is 29.4. The van der Waals surface area contributed by atoms with Crippen LogP contribution in [0.3, 0.4) is 0 Å². The van der Waals surface area contributed by atoms with Crippen LogP contribution in [0.15, 0.2) is 30.3 Å². The summed E-state index contributed by atoms with van der Waals surface area (Å²) in [5, 5.41) is 3.16. The summed E-state index contributed by atoms with van der Waals surface area (Å²) in [6, 6.07) is 10.5. The third kappa shape index (κ3) is 4.57. The zero-order valence-electron chi connectivity index (χ0n) is 16.9. The summed E-state index contributed by atoms with van der Waals surface area (Å²) in [5.41, 5.74) is 1.50. The fourth-order valence-electron chi connectivity index (χ4n) is 4.75. The topological polar surface area (TPSA) is 52.7 Å². The van der Waals surface area contributed by atoms with Gasteiger partial charge in [-0.25, -0.2) is 0 Å². The van der Waals surface area contributed by atoms with Crippen LogP contribution in [0.4, 0.5) is 0 Å². The Balaban J connectivity index is 1.19. The van der Waals surface area contributed by atoms with E-state index in [0.29, 0.717) is 12.5 Å².